The van der Waals surface area contributed by atoms with Crippen LogP contribution in [-0.4, -0.2) is 47.8 Å². The number of rotatable bonds is 9. The van der Waals surface area contributed by atoms with E-state index >= 15 is 0 Å². The number of hydrogen-bond donors (Lipinski definition) is 2. The Balaban J connectivity index is 1.74. The monoisotopic (exact) mass is 443 g/mol. The predicted molar refractivity (Wildman–Crippen MR) is 117 cm³/mol. The second-order valence-corrected chi connectivity index (χ2v) is 7.55. The first kappa shape index (κ1) is 22.2. The summed E-state index contributed by atoms with van der Waals surface area (Å²) in [6.07, 6.45) is 1.20. The smallest absolute Gasteiger partial charge is 0.305 e. The minimum atomic E-state index is -1.05. The number of benzene rings is 2. The number of nitrogens with zero attached hydrogens (tertiary/aromatic N) is 2. The van der Waals surface area contributed by atoms with Gasteiger partial charge in [-0.25, -0.2) is 0 Å². The number of para-hydroxylation sites is 1. The van der Waals surface area contributed by atoms with Crippen molar-refractivity contribution in [1.82, 2.24) is 5.32 Å². The molecule has 0 saturated carbocycles. The third-order valence-corrected chi connectivity index (χ3v) is 5.30. The van der Waals surface area contributed by atoms with Crippen LogP contribution in [0.1, 0.15) is 17.5 Å². The Morgan fingerprint density at radius 1 is 1.23 bits per heavy atom. The standard InChI is InChI=1S/C21H21N3O6S/c1-28-15-7-3-5-13(9-15)12-30-19-14(6-4-8-16(19)29-2)11-22-24-21-23-20(27)17(31-21)10-18(25)26/h3-9,11,17H,10,12H2,1-2H3,(H,25,26)(H,23,24,27). The zero-order chi connectivity index (χ0) is 22.2. The highest BCUT2D eigenvalue weighted by molar-refractivity contribution is 8.15. The van der Waals surface area contributed by atoms with Gasteiger partial charge in [0.1, 0.15) is 17.6 Å². The van der Waals surface area contributed by atoms with Crippen LogP contribution in [0.3, 0.4) is 0 Å². The third kappa shape index (κ3) is 5.98. The molecule has 0 radical (unpaired) electrons. The lowest BCUT2D eigenvalue weighted by Gasteiger charge is -2.13. The molecular weight excluding hydrogens is 422 g/mol. The molecule has 2 aromatic rings. The summed E-state index contributed by atoms with van der Waals surface area (Å²) in [6, 6.07) is 12.9. The fraction of sp³-hybridized carbons (Fsp3) is 0.238. The van der Waals surface area contributed by atoms with Crippen molar-refractivity contribution in [3.8, 4) is 17.2 Å². The van der Waals surface area contributed by atoms with E-state index in [2.05, 4.69) is 15.5 Å². The Hall–Kier alpha value is -3.53. The molecule has 3 rings (SSSR count). The molecule has 2 aromatic carbocycles. The normalized spacial score (nSPS) is 17.0. The van der Waals surface area contributed by atoms with Gasteiger partial charge in [-0.3, -0.25) is 9.59 Å². The minimum Gasteiger partial charge on any atom is -0.497 e. The molecule has 1 unspecified atom stereocenters. The molecular formula is C21H21N3O6S. The number of aliphatic carboxylic acids is 1. The van der Waals surface area contributed by atoms with E-state index in [0.29, 0.717) is 17.1 Å². The van der Waals surface area contributed by atoms with Gasteiger partial charge in [0.2, 0.25) is 5.91 Å². The largest absolute Gasteiger partial charge is 0.497 e. The number of nitrogens with one attached hydrogen (secondary N) is 1. The fourth-order valence-corrected chi connectivity index (χ4v) is 3.67. The number of hydrogen-bond acceptors (Lipinski definition) is 8. The van der Waals surface area contributed by atoms with Crippen LogP contribution < -0.4 is 19.5 Å². The number of methoxy groups -OCH3 is 2. The Kier molecular flexibility index (Phi) is 7.50. The summed E-state index contributed by atoms with van der Waals surface area (Å²) in [5.74, 6) is 0.306. The first-order valence-electron chi connectivity index (χ1n) is 9.23. The highest BCUT2D eigenvalue weighted by Gasteiger charge is 2.32. The molecule has 2 N–H and O–H groups in total. The van der Waals surface area contributed by atoms with Crippen molar-refractivity contribution in [1.29, 1.82) is 0 Å². The van der Waals surface area contributed by atoms with E-state index in [9.17, 15) is 9.59 Å². The van der Waals surface area contributed by atoms with Crippen molar-refractivity contribution >= 4 is 35.0 Å². The van der Waals surface area contributed by atoms with Gasteiger partial charge < -0.3 is 24.6 Å². The zero-order valence-corrected chi connectivity index (χ0v) is 17.7. The van der Waals surface area contributed by atoms with E-state index in [0.717, 1.165) is 23.1 Å². The quantitative estimate of drug-likeness (QED) is 0.452. The molecule has 1 amide bonds. The summed E-state index contributed by atoms with van der Waals surface area (Å²) in [5.41, 5.74) is 1.55. The Morgan fingerprint density at radius 3 is 2.77 bits per heavy atom. The molecule has 1 aliphatic heterocycles. The van der Waals surface area contributed by atoms with Gasteiger partial charge in [0.25, 0.3) is 0 Å². The molecule has 1 aliphatic rings. The number of amides is 1. The molecule has 1 heterocycles. The predicted octanol–water partition coefficient (Wildman–Crippen LogP) is 2.68. The maximum atomic E-state index is 11.8. The van der Waals surface area contributed by atoms with Crippen LogP contribution in [0.25, 0.3) is 0 Å². The summed E-state index contributed by atoms with van der Waals surface area (Å²) >= 11 is 1.03. The molecule has 0 spiro atoms. The number of ether oxygens (including phenoxy) is 3. The molecule has 0 aromatic heterocycles. The van der Waals surface area contributed by atoms with Crippen molar-refractivity contribution in [3.63, 3.8) is 0 Å². The van der Waals surface area contributed by atoms with Gasteiger partial charge in [0.05, 0.1) is 26.9 Å². The number of thioether (sulfide) groups is 1. The lowest BCUT2D eigenvalue weighted by atomic mass is 10.2. The summed E-state index contributed by atoms with van der Waals surface area (Å²) in [5, 5.41) is 18.9. The van der Waals surface area contributed by atoms with E-state index in [1.807, 2.05) is 24.3 Å². The van der Waals surface area contributed by atoms with Crippen LogP contribution in [0.15, 0.2) is 52.7 Å². The van der Waals surface area contributed by atoms with Crippen LogP contribution in [0.5, 0.6) is 17.2 Å². The van der Waals surface area contributed by atoms with E-state index < -0.39 is 17.1 Å². The van der Waals surface area contributed by atoms with Gasteiger partial charge >= 0.3 is 5.97 Å². The summed E-state index contributed by atoms with van der Waals surface area (Å²) < 4.78 is 16.6. The SMILES string of the molecule is COc1cccc(COc2c(C=NN=C3NC(=O)C(CC(=O)O)S3)cccc2OC)c1. The highest BCUT2D eigenvalue weighted by atomic mass is 32.2. The van der Waals surface area contributed by atoms with Gasteiger partial charge in [-0.2, -0.15) is 5.10 Å². The Bertz CT molecular complexity index is 1020. The van der Waals surface area contributed by atoms with Crippen molar-refractivity contribution < 1.29 is 28.9 Å². The van der Waals surface area contributed by atoms with Crippen LogP contribution >= 0.6 is 11.8 Å². The molecule has 1 saturated heterocycles. The lowest BCUT2D eigenvalue weighted by molar-refractivity contribution is -0.138. The number of carbonyl (C=O) groups excluding carboxylic acids is 1. The molecule has 0 aliphatic carbocycles. The molecule has 162 valence electrons. The van der Waals surface area contributed by atoms with Crippen LogP contribution in [0.2, 0.25) is 0 Å². The van der Waals surface area contributed by atoms with Gasteiger partial charge in [0, 0.05) is 5.56 Å². The van der Waals surface area contributed by atoms with Crippen molar-refractivity contribution in [2.45, 2.75) is 18.3 Å². The summed E-state index contributed by atoms with van der Waals surface area (Å²) in [7, 11) is 3.15. The number of amidine groups is 1. The van der Waals surface area contributed by atoms with E-state index in [4.69, 9.17) is 19.3 Å². The average Bonchev–Trinajstić information content (AvgIpc) is 3.10. The van der Waals surface area contributed by atoms with E-state index in [-0.39, 0.29) is 18.2 Å². The molecule has 31 heavy (non-hydrogen) atoms. The first-order valence-corrected chi connectivity index (χ1v) is 10.1. The third-order valence-electron chi connectivity index (χ3n) is 4.23. The molecule has 1 fully saturated rings. The topological polar surface area (TPSA) is 119 Å². The van der Waals surface area contributed by atoms with E-state index in [1.165, 1.54) is 6.21 Å². The van der Waals surface area contributed by atoms with Gasteiger partial charge in [-0.1, -0.05) is 30.0 Å². The van der Waals surface area contributed by atoms with Gasteiger partial charge in [-0.15, -0.1) is 5.10 Å². The number of carboxylic acids is 1. The van der Waals surface area contributed by atoms with Gasteiger partial charge in [-0.05, 0) is 29.8 Å². The second kappa shape index (κ2) is 10.5. The van der Waals surface area contributed by atoms with Crippen molar-refractivity contribution in [2.75, 3.05) is 14.2 Å². The minimum absolute atomic E-state index is 0.245. The summed E-state index contributed by atoms with van der Waals surface area (Å²) in [4.78, 5) is 22.6. The maximum Gasteiger partial charge on any atom is 0.305 e. The zero-order valence-electron chi connectivity index (χ0n) is 16.9. The average molecular weight is 443 g/mol. The maximum absolute atomic E-state index is 11.8. The van der Waals surface area contributed by atoms with E-state index in [1.54, 1.807) is 32.4 Å². The highest BCUT2D eigenvalue weighted by Crippen LogP contribution is 2.31. The second-order valence-electron chi connectivity index (χ2n) is 6.36. The summed E-state index contributed by atoms with van der Waals surface area (Å²) in [6.45, 7) is 0.287. The first-order chi connectivity index (χ1) is 15.0. The van der Waals surface area contributed by atoms with Crippen molar-refractivity contribution in [2.24, 2.45) is 10.2 Å². The van der Waals surface area contributed by atoms with Crippen molar-refractivity contribution in [3.05, 3.63) is 53.6 Å². The Labute approximate surface area is 183 Å². The van der Waals surface area contributed by atoms with Gasteiger partial charge in [0.15, 0.2) is 16.7 Å². The lowest BCUT2D eigenvalue weighted by Crippen LogP contribution is -2.26. The van der Waals surface area contributed by atoms with Crippen LogP contribution in [0.4, 0.5) is 0 Å². The number of carbonyl (C=O) groups is 2. The Morgan fingerprint density at radius 2 is 2.03 bits per heavy atom. The molecule has 9 nitrogen and oxygen atoms in total. The molecule has 0 bridgehead atoms. The molecule has 10 heteroatoms. The fourth-order valence-electron chi connectivity index (χ4n) is 2.76. The molecule has 1 atom stereocenters. The number of carboxylic acid groups (broad SMARTS) is 1. The van der Waals surface area contributed by atoms with Crippen LogP contribution in [0, 0.1) is 0 Å². The van der Waals surface area contributed by atoms with Crippen LogP contribution in [-0.2, 0) is 16.2 Å².